The van der Waals surface area contributed by atoms with Crippen molar-refractivity contribution in [3.8, 4) is 11.4 Å². The summed E-state index contributed by atoms with van der Waals surface area (Å²) >= 11 is 8.83. The molecule has 0 spiro atoms. The zero-order valence-electron chi connectivity index (χ0n) is 11.3. The number of nitrogens with one attached hydrogen (secondary N) is 1. The number of aromatic amines is 1. The predicted molar refractivity (Wildman–Crippen MR) is 86.0 cm³/mol. The van der Waals surface area contributed by atoms with Crippen LogP contribution in [0.4, 0.5) is 0 Å². The van der Waals surface area contributed by atoms with Gasteiger partial charge < -0.3 is 4.98 Å². The third-order valence-electron chi connectivity index (χ3n) is 3.10. The fraction of sp³-hybridized carbons (Fsp3) is 0.333. The molecule has 0 unspecified atom stereocenters. The van der Waals surface area contributed by atoms with E-state index in [-0.39, 0.29) is 0 Å². The lowest BCUT2D eigenvalue weighted by atomic mass is 10.1. The highest BCUT2D eigenvalue weighted by atomic mass is 79.9. The molecule has 1 heterocycles. The number of hydrogen-bond donors (Lipinski definition) is 1. The van der Waals surface area contributed by atoms with E-state index >= 15 is 0 Å². The van der Waals surface area contributed by atoms with Crippen LogP contribution in [-0.2, 0) is 6.42 Å². The second-order valence-corrected chi connectivity index (χ2v) is 6.00. The smallest absolute Gasteiger partial charge is 0.144 e. The highest BCUT2D eigenvalue weighted by molar-refractivity contribution is 9.10. The molecule has 2 aromatic rings. The Balaban J connectivity index is 2.53. The summed E-state index contributed by atoms with van der Waals surface area (Å²) in [5, 5.41) is 0. The van der Waals surface area contributed by atoms with Gasteiger partial charge >= 0.3 is 0 Å². The van der Waals surface area contributed by atoms with E-state index < -0.39 is 0 Å². The Morgan fingerprint density at radius 2 is 1.89 bits per heavy atom. The number of benzene rings is 1. The summed E-state index contributed by atoms with van der Waals surface area (Å²) < 4.78 is 1.50. The Labute approximate surface area is 127 Å². The monoisotopic (exact) mass is 336 g/mol. The average molecular weight is 337 g/mol. The van der Waals surface area contributed by atoms with Crippen molar-refractivity contribution in [3.05, 3.63) is 44.6 Å². The zero-order valence-corrected chi connectivity index (χ0v) is 13.7. The molecule has 1 N–H and O–H groups in total. The van der Waals surface area contributed by atoms with Crippen LogP contribution in [-0.4, -0.2) is 9.97 Å². The van der Waals surface area contributed by atoms with Gasteiger partial charge in [0.25, 0.3) is 0 Å². The molecule has 0 atom stereocenters. The van der Waals surface area contributed by atoms with Crippen molar-refractivity contribution in [2.45, 2.75) is 33.1 Å². The molecule has 0 fully saturated rings. The molecule has 1 aromatic carbocycles. The first-order chi connectivity index (χ1) is 9.02. The Hall–Kier alpha value is -1.00. The summed E-state index contributed by atoms with van der Waals surface area (Å²) in [5.74, 6) is 1.20. The second kappa shape index (κ2) is 5.97. The van der Waals surface area contributed by atoms with Crippen molar-refractivity contribution in [2.75, 3.05) is 0 Å². The van der Waals surface area contributed by atoms with Gasteiger partial charge in [0.15, 0.2) is 0 Å². The molecule has 1 aromatic heterocycles. The highest BCUT2D eigenvalue weighted by Gasteiger charge is 2.10. The first kappa shape index (κ1) is 14.4. The fourth-order valence-electron chi connectivity index (χ4n) is 1.91. The minimum absolute atomic E-state index is 0.368. The topological polar surface area (TPSA) is 28.7 Å². The van der Waals surface area contributed by atoms with E-state index in [1.54, 1.807) is 0 Å². The van der Waals surface area contributed by atoms with Crippen LogP contribution < -0.4 is 0 Å². The van der Waals surface area contributed by atoms with Crippen LogP contribution in [0.3, 0.4) is 0 Å². The minimum Gasteiger partial charge on any atom is -0.342 e. The van der Waals surface area contributed by atoms with Gasteiger partial charge in [-0.1, -0.05) is 57.3 Å². The molecule has 2 rings (SSSR count). The fourth-order valence-corrected chi connectivity index (χ4v) is 2.76. The Morgan fingerprint density at radius 3 is 2.42 bits per heavy atom. The molecule has 100 valence electrons. The van der Waals surface area contributed by atoms with E-state index in [2.05, 4.69) is 70.9 Å². The Kier molecular flexibility index (Phi) is 4.53. The van der Waals surface area contributed by atoms with Crippen molar-refractivity contribution in [3.63, 3.8) is 0 Å². The van der Waals surface area contributed by atoms with Crippen LogP contribution in [0.25, 0.3) is 11.4 Å². The quantitative estimate of drug-likeness (QED) is 0.775. The predicted octanol–water partition coefficient (Wildman–Crippen LogP) is 5.25. The minimum atomic E-state index is 0.368. The molecule has 4 heteroatoms. The van der Waals surface area contributed by atoms with Crippen LogP contribution in [0.1, 0.15) is 37.9 Å². The van der Waals surface area contributed by atoms with Crippen molar-refractivity contribution >= 4 is 28.1 Å². The molecular formula is C15H17BrN2S. The maximum absolute atomic E-state index is 5.32. The molecular weight excluding hydrogens is 320 g/mol. The highest BCUT2D eigenvalue weighted by Crippen LogP contribution is 2.26. The largest absolute Gasteiger partial charge is 0.342 e. The average Bonchev–Trinajstić information content (AvgIpc) is 2.41. The van der Waals surface area contributed by atoms with Gasteiger partial charge in [-0.15, -0.1) is 0 Å². The van der Waals surface area contributed by atoms with E-state index in [4.69, 9.17) is 12.2 Å². The van der Waals surface area contributed by atoms with Crippen LogP contribution >= 0.6 is 28.1 Å². The normalized spacial score (nSPS) is 11.0. The van der Waals surface area contributed by atoms with Gasteiger partial charge in [-0.25, -0.2) is 4.98 Å². The van der Waals surface area contributed by atoms with Crippen LogP contribution in [0.15, 0.2) is 28.7 Å². The number of rotatable bonds is 3. The molecule has 0 bridgehead atoms. The number of halogens is 1. The Bertz CT molecular complexity index is 630. The van der Waals surface area contributed by atoms with Crippen LogP contribution in [0, 0.1) is 4.64 Å². The van der Waals surface area contributed by atoms with Gasteiger partial charge in [0.2, 0.25) is 0 Å². The molecule has 0 radical (unpaired) electrons. The van der Waals surface area contributed by atoms with E-state index in [0.717, 1.165) is 28.0 Å². The summed E-state index contributed by atoms with van der Waals surface area (Å²) in [7, 11) is 0. The van der Waals surface area contributed by atoms with Crippen LogP contribution in [0.5, 0.6) is 0 Å². The maximum Gasteiger partial charge on any atom is 0.144 e. The molecule has 19 heavy (non-hydrogen) atoms. The molecule has 0 saturated carbocycles. The van der Waals surface area contributed by atoms with Gasteiger partial charge in [-0.2, -0.15) is 0 Å². The van der Waals surface area contributed by atoms with Gasteiger partial charge in [-0.3, -0.25) is 0 Å². The van der Waals surface area contributed by atoms with Crippen molar-refractivity contribution in [1.82, 2.24) is 9.97 Å². The number of aromatic nitrogens is 2. The standard InChI is InChI=1S/C15H17BrN2S/c1-4-10-5-7-11(8-6-10)14-17-13(9(2)3)12(16)15(19)18-14/h5-9H,4H2,1-3H3,(H,17,18,19). The first-order valence-corrected chi connectivity index (χ1v) is 7.62. The van der Waals surface area contributed by atoms with Gasteiger partial charge in [0, 0.05) is 11.3 Å². The Morgan fingerprint density at radius 1 is 1.26 bits per heavy atom. The van der Waals surface area contributed by atoms with E-state index in [1.165, 1.54) is 5.56 Å². The second-order valence-electron chi connectivity index (χ2n) is 4.82. The third kappa shape index (κ3) is 3.12. The maximum atomic E-state index is 5.32. The molecule has 0 saturated heterocycles. The molecule has 0 aliphatic heterocycles. The van der Waals surface area contributed by atoms with Crippen molar-refractivity contribution in [2.24, 2.45) is 0 Å². The van der Waals surface area contributed by atoms with E-state index in [9.17, 15) is 0 Å². The van der Waals surface area contributed by atoms with Gasteiger partial charge in [-0.05, 0) is 33.8 Å². The van der Waals surface area contributed by atoms with Crippen molar-refractivity contribution in [1.29, 1.82) is 0 Å². The number of hydrogen-bond acceptors (Lipinski definition) is 2. The summed E-state index contributed by atoms with van der Waals surface area (Å²) in [6.07, 6.45) is 1.04. The van der Waals surface area contributed by atoms with Crippen molar-refractivity contribution < 1.29 is 0 Å². The summed E-state index contributed by atoms with van der Waals surface area (Å²) in [6, 6.07) is 8.44. The third-order valence-corrected chi connectivity index (χ3v) is 4.46. The number of H-pyrrole nitrogens is 1. The lowest BCUT2D eigenvalue weighted by Gasteiger charge is -2.11. The number of aryl methyl sites for hydroxylation is 1. The molecule has 0 amide bonds. The summed E-state index contributed by atoms with van der Waals surface area (Å²) in [5.41, 5.74) is 3.48. The molecule has 2 nitrogen and oxygen atoms in total. The lowest BCUT2D eigenvalue weighted by molar-refractivity contribution is 0.807. The van der Waals surface area contributed by atoms with Crippen LogP contribution in [0.2, 0.25) is 0 Å². The molecule has 0 aliphatic rings. The lowest BCUT2D eigenvalue weighted by Crippen LogP contribution is -2.00. The number of nitrogens with zero attached hydrogens (tertiary/aromatic N) is 1. The van der Waals surface area contributed by atoms with Gasteiger partial charge in [0.05, 0.1) is 4.47 Å². The van der Waals surface area contributed by atoms with E-state index in [1.807, 2.05) is 0 Å². The zero-order chi connectivity index (χ0) is 14.0. The SMILES string of the molecule is CCc1ccc(-c2nc(=S)c(Br)c(C(C)C)[nH]2)cc1. The first-order valence-electron chi connectivity index (χ1n) is 6.42. The van der Waals surface area contributed by atoms with Gasteiger partial charge in [0.1, 0.15) is 10.5 Å². The summed E-state index contributed by atoms with van der Waals surface area (Å²) in [6.45, 7) is 6.42. The summed E-state index contributed by atoms with van der Waals surface area (Å²) in [4.78, 5) is 7.84. The van der Waals surface area contributed by atoms with E-state index in [0.29, 0.717) is 10.6 Å². The molecule has 0 aliphatic carbocycles.